The average molecular weight is 677 g/mol. The molecule has 2 fully saturated rings. The van der Waals surface area contributed by atoms with Gasteiger partial charge in [0.25, 0.3) is 0 Å². The molecule has 5 rings (SSSR count). The smallest absolute Gasteiger partial charge is 0.407 e. The van der Waals surface area contributed by atoms with Crippen LogP contribution in [-0.2, 0) is 30.7 Å². The third-order valence-corrected chi connectivity index (χ3v) is 10.5. The fraction of sp³-hybridized carbons (Fsp3) is 0.562. The molecule has 0 aromatic heterocycles. The highest BCUT2D eigenvalue weighted by atomic mass is 32.2. The molecule has 0 spiro atoms. The number of carbonyl (C=O) groups excluding carboxylic acids is 2. The van der Waals surface area contributed by atoms with Crippen LogP contribution in [0.4, 0.5) is 9.59 Å². The van der Waals surface area contributed by atoms with Crippen molar-refractivity contribution in [1.82, 2.24) is 14.5 Å². The zero-order valence-electron chi connectivity index (χ0n) is 26.7. The number of hydrogen-bond acceptors (Lipinski definition) is 11. The summed E-state index contributed by atoms with van der Waals surface area (Å²) < 4.78 is 57.1. The van der Waals surface area contributed by atoms with Gasteiger partial charge in [-0.3, -0.25) is 0 Å². The highest BCUT2D eigenvalue weighted by molar-refractivity contribution is 7.89. The summed E-state index contributed by atoms with van der Waals surface area (Å²) in [6, 6.07) is 12.5. The summed E-state index contributed by atoms with van der Waals surface area (Å²) in [6.45, 7) is 3.93. The number of ether oxygens (including phenoxy) is 5. The highest BCUT2D eigenvalue weighted by Crippen LogP contribution is 2.36. The molecule has 0 aliphatic carbocycles. The van der Waals surface area contributed by atoms with Crippen LogP contribution in [0.15, 0.2) is 53.4 Å². The van der Waals surface area contributed by atoms with Gasteiger partial charge < -0.3 is 48.9 Å². The molecule has 2 saturated heterocycles. The molecule has 14 nitrogen and oxygen atoms in total. The fourth-order valence-corrected chi connectivity index (χ4v) is 7.57. The number of sulfonamides is 1. The Labute approximate surface area is 274 Å². The molecule has 2 N–H and O–H groups in total. The molecule has 3 aliphatic heterocycles. The molecule has 3 heterocycles. The second-order valence-electron chi connectivity index (χ2n) is 12.9. The minimum Gasteiger partial charge on any atom is -0.530 e. The van der Waals surface area contributed by atoms with Crippen LogP contribution in [0.25, 0.3) is 0 Å². The maximum atomic E-state index is 14.2. The van der Waals surface area contributed by atoms with Crippen molar-refractivity contribution in [1.29, 1.82) is 0 Å². The highest BCUT2D eigenvalue weighted by Gasteiger charge is 2.44. The van der Waals surface area contributed by atoms with Crippen LogP contribution in [0.5, 0.6) is 11.5 Å². The number of hydrogen-bond donors (Lipinski definition) is 2. The lowest BCUT2D eigenvalue weighted by molar-refractivity contribution is -0.264. The van der Waals surface area contributed by atoms with E-state index < -0.39 is 52.2 Å². The van der Waals surface area contributed by atoms with Gasteiger partial charge in [-0.05, 0) is 42.4 Å². The standard InChI is InChI=1S/C32H43N3O11S/c1-32(2,12-13-34(3)31(38)39)19-35(47(40,41)22-9-10-26-27(16-22)45-20-44-26)17-25(36)24(15-21-7-5-4-6-8-21)33-30(37)46-28-18-43-29-23(28)11-14-42-29/h4-10,16,23-25,28-29,36H,11-15,17-20H2,1-3H3,(H,33,37)(H,38,39)/p-1/t23-,24-,25+,28-,29+/m0/s1. The van der Waals surface area contributed by atoms with Crippen LogP contribution < -0.4 is 19.9 Å². The summed E-state index contributed by atoms with van der Waals surface area (Å²) in [4.78, 5) is 25.4. The van der Waals surface area contributed by atoms with Gasteiger partial charge in [0.2, 0.25) is 16.8 Å². The Hall–Kier alpha value is -3.63. The van der Waals surface area contributed by atoms with Crippen molar-refractivity contribution in [2.75, 3.05) is 46.7 Å². The van der Waals surface area contributed by atoms with Gasteiger partial charge in [0, 0.05) is 32.7 Å². The number of aliphatic hydroxyl groups excluding tert-OH is 1. The van der Waals surface area contributed by atoms with Crippen LogP contribution in [0, 0.1) is 11.3 Å². The van der Waals surface area contributed by atoms with E-state index in [4.69, 9.17) is 23.7 Å². The number of benzene rings is 2. The first kappa shape index (κ1) is 34.7. The van der Waals surface area contributed by atoms with E-state index >= 15 is 0 Å². The number of carbonyl (C=O) groups is 2. The van der Waals surface area contributed by atoms with E-state index in [9.17, 15) is 28.2 Å². The monoisotopic (exact) mass is 676 g/mol. The molecule has 2 amide bonds. The number of carboxylic acid groups (broad SMARTS) is 1. The number of rotatable bonds is 14. The van der Waals surface area contributed by atoms with Gasteiger partial charge in [0.15, 0.2) is 17.8 Å². The van der Waals surface area contributed by atoms with Crippen molar-refractivity contribution < 1.29 is 51.9 Å². The number of fused-ring (bicyclic) bond motifs is 2. The normalized spacial score (nSPS) is 21.7. The topological polar surface area (TPSA) is 176 Å². The zero-order chi connectivity index (χ0) is 33.8. The number of alkyl carbamates (subject to hydrolysis) is 1. The van der Waals surface area contributed by atoms with Gasteiger partial charge in [-0.1, -0.05) is 44.2 Å². The van der Waals surface area contributed by atoms with Gasteiger partial charge in [-0.2, -0.15) is 4.31 Å². The minimum absolute atomic E-state index is 0.0371. The Morgan fingerprint density at radius 3 is 2.62 bits per heavy atom. The Balaban J connectivity index is 1.38. The molecule has 5 atom stereocenters. The van der Waals surface area contributed by atoms with E-state index in [-0.39, 0.29) is 56.0 Å². The maximum absolute atomic E-state index is 14.2. The van der Waals surface area contributed by atoms with Gasteiger partial charge >= 0.3 is 6.09 Å². The zero-order valence-corrected chi connectivity index (χ0v) is 27.5. The molecule has 2 aromatic carbocycles. The van der Waals surface area contributed by atoms with Crippen LogP contribution >= 0.6 is 0 Å². The van der Waals surface area contributed by atoms with Crippen molar-refractivity contribution in [2.24, 2.45) is 11.3 Å². The number of amides is 2. The van der Waals surface area contributed by atoms with E-state index in [1.165, 1.54) is 25.2 Å². The molecule has 0 bridgehead atoms. The summed E-state index contributed by atoms with van der Waals surface area (Å²) in [7, 11) is -2.87. The fourth-order valence-electron chi connectivity index (χ4n) is 5.91. The minimum atomic E-state index is -4.25. The number of nitrogens with zero attached hydrogens (tertiary/aromatic N) is 2. The van der Waals surface area contributed by atoms with Crippen LogP contribution in [0.3, 0.4) is 0 Å². The Morgan fingerprint density at radius 1 is 1.13 bits per heavy atom. The number of nitrogens with one attached hydrogen (secondary N) is 1. The lowest BCUT2D eigenvalue weighted by Gasteiger charge is -2.36. The Morgan fingerprint density at radius 2 is 1.87 bits per heavy atom. The molecular weight excluding hydrogens is 634 g/mol. The second-order valence-corrected chi connectivity index (χ2v) is 14.8. The first-order valence-corrected chi connectivity index (χ1v) is 17.0. The van der Waals surface area contributed by atoms with Gasteiger partial charge in [-0.25, -0.2) is 13.2 Å². The maximum Gasteiger partial charge on any atom is 0.407 e. The van der Waals surface area contributed by atoms with Crippen molar-refractivity contribution in [2.45, 2.75) is 62.5 Å². The lowest BCUT2D eigenvalue weighted by Crippen LogP contribution is -2.52. The molecule has 3 aliphatic rings. The summed E-state index contributed by atoms with van der Waals surface area (Å²) >= 11 is 0. The van der Waals surface area contributed by atoms with E-state index in [0.29, 0.717) is 25.2 Å². The second kappa shape index (κ2) is 14.6. The van der Waals surface area contributed by atoms with Crippen molar-refractivity contribution >= 4 is 22.2 Å². The molecule has 258 valence electrons. The third kappa shape index (κ3) is 8.65. The Bertz CT molecular complexity index is 1510. The van der Waals surface area contributed by atoms with Gasteiger partial charge in [0.05, 0.1) is 36.2 Å². The van der Waals surface area contributed by atoms with E-state index in [0.717, 1.165) is 14.8 Å². The predicted molar refractivity (Wildman–Crippen MR) is 165 cm³/mol. The SMILES string of the molecule is CN(CCC(C)(C)CN(C[C@@H](O)[C@H](Cc1ccccc1)NC(=O)O[C@H]1CO[C@H]2OCC[C@H]21)S(=O)(=O)c1ccc2c(c1)OCO2)C(=O)[O-]. The van der Waals surface area contributed by atoms with E-state index in [2.05, 4.69) is 5.32 Å². The Kier molecular flexibility index (Phi) is 10.8. The van der Waals surface area contributed by atoms with Crippen LogP contribution in [-0.4, -0.2) is 106 Å². The molecular formula is C32H42N3O11S-. The first-order chi connectivity index (χ1) is 22.3. The van der Waals surface area contributed by atoms with Crippen molar-refractivity contribution in [3.05, 3.63) is 54.1 Å². The summed E-state index contributed by atoms with van der Waals surface area (Å²) in [6.07, 6.45) is -3.23. The molecule has 0 saturated carbocycles. The quantitative estimate of drug-likeness (QED) is 0.297. The average Bonchev–Trinajstić information content (AvgIpc) is 3.78. The predicted octanol–water partition coefficient (Wildman–Crippen LogP) is 1.56. The molecule has 15 heteroatoms. The lowest BCUT2D eigenvalue weighted by atomic mass is 9.89. The summed E-state index contributed by atoms with van der Waals surface area (Å²) in [5, 5.41) is 25.8. The summed E-state index contributed by atoms with van der Waals surface area (Å²) in [5.41, 5.74) is 0.0670. The van der Waals surface area contributed by atoms with E-state index in [1.54, 1.807) is 0 Å². The van der Waals surface area contributed by atoms with Crippen LogP contribution in [0.1, 0.15) is 32.3 Å². The van der Waals surface area contributed by atoms with E-state index in [1.807, 2.05) is 44.2 Å². The van der Waals surface area contributed by atoms with Gasteiger partial charge in [0.1, 0.15) is 12.2 Å². The van der Waals surface area contributed by atoms with Crippen molar-refractivity contribution in [3.63, 3.8) is 0 Å². The third-order valence-electron chi connectivity index (χ3n) is 8.72. The molecule has 0 unspecified atom stereocenters. The first-order valence-electron chi connectivity index (χ1n) is 15.6. The largest absolute Gasteiger partial charge is 0.530 e. The van der Waals surface area contributed by atoms with Crippen molar-refractivity contribution in [3.8, 4) is 11.5 Å². The molecule has 0 radical (unpaired) electrons. The summed E-state index contributed by atoms with van der Waals surface area (Å²) in [5.74, 6) is 0.604. The van der Waals surface area contributed by atoms with Gasteiger partial charge in [-0.15, -0.1) is 0 Å². The number of aliphatic hydroxyl groups is 1. The molecule has 47 heavy (non-hydrogen) atoms. The van der Waals surface area contributed by atoms with Crippen LogP contribution in [0.2, 0.25) is 0 Å². The molecule has 2 aromatic rings.